The van der Waals surface area contributed by atoms with Crippen LogP contribution in [0.25, 0.3) is 0 Å². The van der Waals surface area contributed by atoms with Crippen LogP contribution >= 0.6 is 0 Å². The van der Waals surface area contributed by atoms with Crippen molar-refractivity contribution in [3.8, 4) is 11.6 Å². The number of nitrogens with one attached hydrogen (secondary N) is 1. The largest absolute Gasteiger partial charge is 0.497 e. The smallest absolute Gasteiger partial charge is 0.218 e. The van der Waals surface area contributed by atoms with Crippen LogP contribution in [-0.4, -0.2) is 24.2 Å². The molecule has 0 saturated heterocycles. The third kappa shape index (κ3) is 4.34. The van der Waals surface area contributed by atoms with Crippen molar-refractivity contribution in [1.29, 1.82) is 0 Å². The molecule has 2 aromatic rings. The number of anilines is 1. The van der Waals surface area contributed by atoms with Gasteiger partial charge in [0.05, 0.1) is 14.2 Å². The molecule has 0 amide bonds. The van der Waals surface area contributed by atoms with Crippen LogP contribution in [0.15, 0.2) is 30.3 Å². The van der Waals surface area contributed by atoms with E-state index in [4.69, 9.17) is 9.47 Å². The van der Waals surface area contributed by atoms with Gasteiger partial charge in [0.1, 0.15) is 17.4 Å². The molecule has 1 aromatic heterocycles. The molecule has 0 spiro atoms. The Labute approximate surface area is 125 Å². The Balaban J connectivity index is 2.05. The zero-order valence-electron chi connectivity index (χ0n) is 12.7. The second-order valence-electron chi connectivity index (χ2n) is 4.66. The highest BCUT2D eigenvalue weighted by Crippen LogP contribution is 2.16. The van der Waals surface area contributed by atoms with Crippen molar-refractivity contribution >= 4 is 5.82 Å². The molecule has 0 bridgehead atoms. The maximum absolute atomic E-state index is 5.22. The second-order valence-corrected chi connectivity index (χ2v) is 4.66. The van der Waals surface area contributed by atoms with E-state index >= 15 is 0 Å². The summed E-state index contributed by atoms with van der Waals surface area (Å²) in [6.45, 7) is 2.79. The average Bonchev–Trinajstić information content (AvgIpc) is 2.53. The minimum Gasteiger partial charge on any atom is -0.497 e. The Morgan fingerprint density at radius 2 is 1.81 bits per heavy atom. The predicted molar refractivity (Wildman–Crippen MR) is 82.9 cm³/mol. The summed E-state index contributed by atoms with van der Waals surface area (Å²) in [5.74, 6) is 3.02. The van der Waals surface area contributed by atoms with Gasteiger partial charge in [-0.2, -0.15) is 4.98 Å². The van der Waals surface area contributed by atoms with Crippen molar-refractivity contribution in [2.24, 2.45) is 0 Å². The van der Waals surface area contributed by atoms with Gasteiger partial charge in [0, 0.05) is 19.0 Å². The summed E-state index contributed by atoms with van der Waals surface area (Å²) in [6, 6.07) is 9.75. The number of methoxy groups -OCH3 is 2. The van der Waals surface area contributed by atoms with Gasteiger partial charge in [-0.25, -0.2) is 4.98 Å². The molecule has 5 nitrogen and oxygen atoms in total. The fourth-order valence-electron chi connectivity index (χ4n) is 1.94. The third-order valence-corrected chi connectivity index (χ3v) is 3.06. The minimum atomic E-state index is 0.589. The maximum Gasteiger partial charge on any atom is 0.218 e. The van der Waals surface area contributed by atoms with E-state index in [0.717, 1.165) is 35.8 Å². The highest BCUT2D eigenvalue weighted by atomic mass is 16.5. The Hall–Kier alpha value is -2.30. The van der Waals surface area contributed by atoms with E-state index in [1.54, 1.807) is 14.2 Å². The van der Waals surface area contributed by atoms with E-state index in [2.05, 4.69) is 22.2 Å². The number of benzene rings is 1. The van der Waals surface area contributed by atoms with Crippen LogP contribution in [0.5, 0.6) is 11.6 Å². The zero-order valence-corrected chi connectivity index (χ0v) is 12.7. The fourth-order valence-corrected chi connectivity index (χ4v) is 1.94. The Morgan fingerprint density at radius 1 is 1.05 bits per heavy atom. The Bertz CT molecular complexity index is 570. The van der Waals surface area contributed by atoms with Crippen molar-refractivity contribution in [3.05, 3.63) is 41.7 Å². The van der Waals surface area contributed by atoms with Gasteiger partial charge in [0.25, 0.3) is 0 Å². The molecule has 0 radical (unpaired) electrons. The summed E-state index contributed by atoms with van der Waals surface area (Å²) in [7, 11) is 3.28. The summed E-state index contributed by atoms with van der Waals surface area (Å²) in [6.07, 6.45) is 1.85. The molecular weight excluding hydrogens is 266 g/mol. The summed E-state index contributed by atoms with van der Waals surface area (Å²) < 4.78 is 10.4. The molecule has 1 heterocycles. The van der Waals surface area contributed by atoms with Gasteiger partial charge in [-0.3, -0.25) is 0 Å². The molecule has 0 aliphatic rings. The van der Waals surface area contributed by atoms with Gasteiger partial charge < -0.3 is 14.8 Å². The van der Waals surface area contributed by atoms with E-state index in [1.807, 2.05) is 30.3 Å². The van der Waals surface area contributed by atoms with Crippen molar-refractivity contribution in [2.75, 3.05) is 19.5 Å². The summed E-state index contributed by atoms with van der Waals surface area (Å²) in [5, 5.41) is 3.30. The molecule has 1 N–H and O–H groups in total. The zero-order chi connectivity index (χ0) is 15.1. The molecule has 112 valence electrons. The lowest BCUT2D eigenvalue weighted by Gasteiger charge is -2.09. The van der Waals surface area contributed by atoms with E-state index in [-0.39, 0.29) is 0 Å². The van der Waals surface area contributed by atoms with Gasteiger partial charge in [0.15, 0.2) is 0 Å². The highest BCUT2D eigenvalue weighted by Gasteiger charge is 2.04. The summed E-state index contributed by atoms with van der Waals surface area (Å²) in [5.41, 5.74) is 1.16. The Kier molecular flexibility index (Phi) is 5.37. The number of aryl methyl sites for hydroxylation is 1. The number of rotatable bonds is 7. The average molecular weight is 287 g/mol. The first-order valence-electron chi connectivity index (χ1n) is 7.04. The van der Waals surface area contributed by atoms with E-state index < -0.39 is 0 Å². The highest BCUT2D eigenvalue weighted by molar-refractivity contribution is 5.40. The van der Waals surface area contributed by atoms with Crippen molar-refractivity contribution < 1.29 is 9.47 Å². The molecule has 1 aromatic carbocycles. The van der Waals surface area contributed by atoms with Crippen LogP contribution in [0, 0.1) is 0 Å². The maximum atomic E-state index is 5.22. The van der Waals surface area contributed by atoms with Crippen LogP contribution in [-0.2, 0) is 13.0 Å². The van der Waals surface area contributed by atoms with Gasteiger partial charge in [0.2, 0.25) is 5.88 Å². The fraction of sp³-hybridized carbons (Fsp3) is 0.375. The molecule has 0 atom stereocenters. The number of hydrogen-bond acceptors (Lipinski definition) is 5. The lowest BCUT2D eigenvalue weighted by Crippen LogP contribution is -2.05. The van der Waals surface area contributed by atoms with Crippen LogP contribution < -0.4 is 14.8 Å². The predicted octanol–water partition coefficient (Wildman–Crippen LogP) is 3.06. The van der Waals surface area contributed by atoms with Gasteiger partial charge in [-0.15, -0.1) is 0 Å². The lowest BCUT2D eigenvalue weighted by molar-refractivity contribution is 0.395. The number of hydrogen-bond donors (Lipinski definition) is 1. The molecule has 2 rings (SSSR count). The lowest BCUT2D eigenvalue weighted by atomic mass is 10.2. The molecule has 21 heavy (non-hydrogen) atoms. The SMILES string of the molecule is CCCc1nc(NCc2ccc(OC)cc2)cc(OC)n1. The van der Waals surface area contributed by atoms with Gasteiger partial charge in [-0.05, 0) is 24.1 Å². The number of aromatic nitrogens is 2. The van der Waals surface area contributed by atoms with Crippen molar-refractivity contribution in [1.82, 2.24) is 9.97 Å². The summed E-state index contributed by atoms with van der Waals surface area (Å²) >= 11 is 0. The first kappa shape index (κ1) is 15.1. The third-order valence-electron chi connectivity index (χ3n) is 3.06. The molecule has 5 heteroatoms. The molecule has 0 unspecified atom stereocenters. The van der Waals surface area contributed by atoms with E-state index in [0.29, 0.717) is 12.4 Å². The first-order chi connectivity index (χ1) is 10.2. The van der Waals surface area contributed by atoms with E-state index in [9.17, 15) is 0 Å². The summed E-state index contributed by atoms with van der Waals surface area (Å²) in [4.78, 5) is 8.82. The molecule has 0 saturated carbocycles. The molecular formula is C16H21N3O2. The standard InChI is InChI=1S/C16H21N3O2/c1-4-5-14-18-15(10-16(19-14)21-3)17-11-12-6-8-13(20-2)9-7-12/h6-10H,4-5,11H2,1-3H3,(H,17,18,19). The van der Waals surface area contributed by atoms with Gasteiger partial charge >= 0.3 is 0 Å². The van der Waals surface area contributed by atoms with Crippen molar-refractivity contribution in [2.45, 2.75) is 26.3 Å². The second kappa shape index (κ2) is 7.47. The topological polar surface area (TPSA) is 56.3 Å². The quantitative estimate of drug-likeness (QED) is 0.848. The first-order valence-corrected chi connectivity index (χ1v) is 7.04. The normalized spacial score (nSPS) is 10.2. The van der Waals surface area contributed by atoms with Crippen LogP contribution in [0.3, 0.4) is 0 Å². The van der Waals surface area contributed by atoms with Crippen LogP contribution in [0.2, 0.25) is 0 Å². The van der Waals surface area contributed by atoms with Gasteiger partial charge in [-0.1, -0.05) is 19.1 Å². The number of ether oxygens (including phenoxy) is 2. The molecule has 0 fully saturated rings. The van der Waals surface area contributed by atoms with Crippen LogP contribution in [0.1, 0.15) is 24.7 Å². The number of nitrogens with zero attached hydrogens (tertiary/aromatic N) is 2. The van der Waals surface area contributed by atoms with Crippen LogP contribution in [0.4, 0.5) is 5.82 Å². The Morgan fingerprint density at radius 3 is 2.43 bits per heavy atom. The van der Waals surface area contributed by atoms with Crippen molar-refractivity contribution in [3.63, 3.8) is 0 Å². The minimum absolute atomic E-state index is 0.589. The molecule has 0 aliphatic heterocycles. The monoisotopic (exact) mass is 287 g/mol. The molecule has 0 aliphatic carbocycles. The van der Waals surface area contributed by atoms with E-state index in [1.165, 1.54) is 0 Å².